The number of likely N-dealkylation sites (N-methyl/N-ethyl adjacent to an activating group) is 1. The summed E-state index contributed by atoms with van der Waals surface area (Å²) in [6, 6.07) is 0.712. The fourth-order valence-corrected chi connectivity index (χ4v) is 3.48. The first-order valence-corrected chi connectivity index (χ1v) is 7.77. The quantitative estimate of drug-likeness (QED) is 0.894. The first-order chi connectivity index (χ1) is 9.29. The molecule has 1 N–H and O–H groups in total. The van der Waals surface area contributed by atoms with E-state index in [1.807, 2.05) is 0 Å². The lowest BCUT2D eigenvalue weighted by Gasteiger charge is -2.23. The maximum Gasteiger partial charge on any atom is 0.109 e. The Kier molecular flexibility index (Phi) is 3.89. The summed E-state index contributed by atoms with van der Waals surface area (Å²) in [5.74, 6) is 1.32. The van der Waals surface area contributed by atoms with Gasteiger partial charge < -0.3 is 14.8 Å². The van der Waals surface area contributed by atoms with Crippen LogP contribution in [0, 0.1) is 0 Å². The normalized spacial score (nSPS) is 23.8. The fraction of sp³-hybridized carbons (Fsp3) is 0.800. The number of rotatable bonds is 4. The van der Waals surface area contributed by atoms with Crippen LogP contribution in [0.15, 0.2) is 0 Å². The lowest BCUT2D eigenvalue weighted by molar-refractivity contribution is 0.277. The summed E-state index contributed by atoms with van der Waals surface area (Å²) in [6.07, 6.45) is 6.13. The maximum atomic E-state index is 4.89. The molecular formula is C15H26N4. The van der Waals surface area contributed by atoms with Gasteiger partial charge in [0.05, 0.1) is 5.69 Å². The zero-order valence-corrected chi connectivity index (χ0v) is 12.3. The lowest BCUT2D eigenvalue weighted by atomic mass is 10.1. The summed E-state index contributed by atoms with van der Waals surface area (Å²) in [5.41, 5.74) is 2.80. The Bertz CT molecular complexity index is 438. The van der Waals surface area contributed by atoms with Gasteiger partial charge in [-0.2, -0.15) is 0 Å². The van der Waals surface area contributed by atoms with Gasteiger partial charge in [-0.15, -0.1) is 0 Å². The molecule has 0 aliphatic carbocycles. The van der Waals surface area contributed by atoms with Crippen LogP contribution in [0.3, 0.4) is 0 Å². The number of imidazole rings is 1. The highest BCUT2D eigenvalue weighted by Crippen LogP contribution is 2.22. The molecular weight excluding hydrogens is 236 g/mol. The van der Waals surface area contributed by atoms with Crippen molar-refractivity contribution in [2.45, 2.75) is 58.2 Å². The van der Waals surface area contributed by atoms with Crippen molar-refractivity contribution >= 4 is 0 Å². The third-order valence-corrected chi connectivity index (χ3v) is 4.60. The van der Waals surface area contributed by atoms with Crippen LogP contribution in [0.4, 0.5) is 0 Å². The summed E-state index contributed by atoms with van der Waals surface area (Å²) in [7, 11) is 2.27. The van der Waals surface area contributed by atoms with E-state index < -0.39 is 0 Å². The second-order valence-electron chi connectivity index (χ2n) is 5.99. The van der Waals surface area contributed by atoms with Crippen LogP contribution in [0.1, 0.15) is 43.4 Å². The van der Waals surface area contributed by atoms with E-state index in [2.05, 4.69) is 28.8 Å². The highest BCUT2D eigenvalue weighted by Gasteiger charge is 2.25. The van der Waals surface area contributed by atoms with E-state index in [4.69, 9.17) is 4.98 Å². The largest absolute Gasteiger partial charge is 0.330 e. The topological polar surface area (TPSA) is 33.1 Å². The first kappa shape index (κ1) is 13.1. The van der Waals surface area contributed by atoms with Crippen LogP contribution in [0.2, 0.25) is 0 Å². The molecule has 0 saturated carbocycles. The summed E-state index contributed by atoms with van der Waals surface area (Å²) in [6.45, 7) is 6.71. The minimum atomic E-state index is 0.712. The summed E-state index contributed by atoms with van der Waals surface area (Å²) in [4.78, 5) is 7.41. The van der Waals surface area contributed by atoms with E-state index in [1.54, 1.807) is 0 Å². The molecule has 1 fully saturated rings. The van der Waals surface area contributed by atoms with Crippen LogP contribution < -0.4 is 5.32 Å². The van der Waals surface area contributed by atoms with Crippen molar-refractivity contribution < 1.29 is 0 Å². The Labute approximate surface area is 116 Å². The molecule has 0 spiro atoms. The van der Waals surface area contributed by atoms with Gasteiger partial charge in [-0.3, -0.25) is 0 Å². The molecule has 3 rings (SSSR count). The number of nitrogens with zero attached hydrogens (tertiary/aromatic N) is 3. The number of hydrogen-bond donors (Lipinski definition) is 1. The van der Waals surface area contributed by atoms with Crippen LogP contribution >= 0.6 is 0 Å². The first-order valence-electron chi connectivity index (χ1n) is 7.77. The Balaban J connectivity index is 1.86. The number of likely N-dealkylation sites (tertiary alicyclic amines) is 1. The van der Waals surface area contributed by atoms with Crippen molar-refractivity contribution in [2.75, 3.05) is 20.1 Å². The molecule has 0 aromatic carbocycles. The second-order valence-corrected chi connectivity index (χ2v) is 5.99. The minimum absolute atomic E-state index is 0.712. The van der Waals surface area contributed by atoms with E-state index in [1.165, 1.54) is 43.0 Å². The van der Waals surface area contributed by atoms with Crippen LogP contribution in [-0.2, 0) is 25.9 Å². The van der Waals surface area contributed by atoms with E-state index in [0.29, 0.717) is 6.04 Å². The molecule has 2 aliphatic rings. The van der Waals surface area contributed by atoms with Crippen molar-refractivity contribution in [3.05, 3.63) is 17.2 Å². The van der Waals surface area contributed by atoms with Crippen molar-refractivity contribution in [2.24, 2.45) is 0 Å². The molecule has 2 aliphatic heterocycles. The van der Waals surface area contributed by atoms with Gasteiger partial charge in [0.25, 0.3) is 0 Å². The van der Waals surface area contributed by atoms with Crippen molar-refractivity contribution in [1.29, 1.82) is 0 Å². The fourth-order valence-electron chi connectivity index (χ4n) is 3.48. The van der Waals surface area contributed by atoms with Gasteiger partial charge in [0.2, 0.25) is 0 Å². The Morgan fingerprint density at radius 2 is 2.32 bits per heavy atom. The van der Waals surface area contributed by atoms with Gasteiger partial charge in [0, 0.05) is 44.2 Å². The third-order valence-electron chi connectivity index (χ3n) is 4.60. The average Bonchev–Trinajstić information content (AvgIpc) is 2.96. The zero-order valence-electron chi connectivity index (χ0n) is 12.3. The van der Waals surface area contributed by atoms with Gasteiger partial charge in [-0.25, -0.2) is 4.98 Å². The molecule has 4 heteroatoms. The van der Waals surface area contributed by atoms with E-state index >= 15 is 0 Å². The number of nitrogens with one attached hydrogen (secondary N) is 1. The van der Waals surface area contributed by atoms with Crippen LogP contribution in [0.25, 0.3) is 0 Å². The molecule has 19 heavy (non-hydrogen) atoms. The van der Waals surface area contributed by atoms with E-state index in [9.17, 15) is 0 Å². The monoisotopic (exact) mass is 262 g/mol. The zero-order chi connectivity index (χ0) is 13.2. The van der Waals surface area contributed by atoms with E-state index in [0.717, 1.165) is 32.5 Å². The molecule has 1 atom stereocenters. The molecule has 1 unspecified atom stereocenters. The van der Waals surface area contributed by atoms with Gasteiger partial charge >= 0.3 is 0 Å². The number of fused-ring (bicyclic) bond motifs is 1. The van der Waals surface area contributed by atoms with Crippen molar-refractivity contribution in [3.63, 3.8) is 0 Å². The standard InChI is InChI=1S/C15H26N4/c1-3-5-15-17-13-10-16-8-7-14(13)19(15)11-12-6-4-9-18(12)2/h12,16H,3-11H2,1-2H3. The smallest absolute Gasteiger partial charge is 0.109 e. The summed E-state index contributed by atoms with van der Waals surface area (Å²) >= 11 is 0. The Morgan fingerprint density at radius 3 is 3.05 bits per heavy atom. The molecule has 0 bridgehead atoms. The number of aromatic nitrogens is 2. The molecule has 1 saturated heterocycles. The second kappa shape index (κ2) is 5.63. The number of hydrogen-bond acceptors (Lipinski definition) is 3. The molecule has 106 valence electrons. The Morgan fingerprint density at radius 1 is 1.42 bits per heavy atom. The minimum Gasteiger partial charge on any atom is -0.330 e. The predicted molar refractivity (Wildman–Crippen MR) is 77.3 cm³/mol. The van der Waals surface area contributed by atoms with Crippen molar-refractivity contribution in [1.82, 2.24) is 19.8 Å². The molecule has 1 aromatic heterocycles. The molecule has 0 amide bonds. The molecule has 1 aromatic rings. The highest BCUT2D eigenvalue weighted by atomic mass is 15.2. The maximum absolute atomic E-state index is 4.89. The summed E-state index contributed by atoms with van der Waals surface area (Å²) in [5, 5.41) is 3.44. The Hall–Kier alpha value is -0.870. The van der Waals surface area contributed by atoms with E-state index in [-0.39, 0.29) is 0 Å². The SMILES string of the molecule is CCCc1nc2c(n1CC1CCCN1C)CCNC2. The van der Waals surface area contributed by atoms with Gasteiger partial charge in [-0.1, -0.05) is 6.92 Å². The number of aryl methyl sites for hydroxylation is 1. The summed E-state index contributed by atoms with van der Waals surface area (Å²) < 4.78 is 2.55. The average molecular weight is 262 g/mol. The third kappa shape index (κ3) is 2.56. The molecule has 4 nitrogen and oxygen atoms in total. The van der Waals surface area contributed by atoms with Crippen LogP contribution in [0.5, 0.6) is 0 Å². The molecule has 0 radical (unpaired) electrons. The van der Waals surface area contributed by atoms with Crippen molar-refractivity contribution in [3.8, 4) is 0 Å². The van der Waals surface area contributed by atoms with Gasteiger partial charge in [-0.05, 0) is 32.9 Å². The van der Waals surface area contributed by atoms with Crippen LogP contribution in [-0.4, -0.2) is 40.6 Å². The molecule has 3 heterocycles. The van der Waals surface area contributed by atoms with Gasteiger partial charge in [0.1, 0.15) is 5.82 Å². The highest BCUT2D eigenvalue weighted by molar-refractivity contribution is 5.20. The lowest BCUT2D eigenvalue weighted by Crippen LogP contribution is -2.32. The van der Waals surface area contributed by atoms with Gasteiger partial charge in [0.15, 0.2) is 0 Å². The predicted octanol–water partition coefficient (Wildman–Crippen LogP) is 1.58.